The van der Waals surface area contributed by atoms with E-state index in [0.717, 1.165) is 0 Å². The highest BCUT2D eigenvalue weighted by molar-refractivity contribution is 5.22. The predicted molar refractivity (Wildman–Crippen MR) is 47.4 cm³/mol. The minimum atomic E-state index is 0.0811. The highest BCUT2D eigenvalue weighted by atomic mass is 14.6. The van der Waals surface area contributed by atoms with E-state index in [1.165, 1.54) is 5.56 Å². The van der Waals surface area contributed by atoms with E-state index in [9.17, 15) is 0 Å². The first-order valence-electron chi connectivity index (χ1n) is 3.83. The molecule has 0 heterocycles. The summed E-state index contributed by atoms with van der Waals surface area (Å²) < 4.78 is 0. The Balaban J connectivity index is 2.93. The summed E-state index contributed by atoms with van der Waals surface area (Å²) in [4.78, 5) is 0. The van der Waals surface area contributed by atoms with Crippen LogP contribution in [0.25, 0.3) is 0 Å². The van der Waals surface area contributed by atoms with Crippen LogP contribution in [0, 0.1) is 6.07 Å². The summed E-state index contributed by atoms with van der Waals surface area (Å²) in [7, 11) is 0. The van der Waals surface area contributed by atoms with Crippen molar-refractivity contribution in [3.8, 4) is 0 Å². The first kappa shape index (κ1) is 8.28. The van der Waals surface area contributed by atoms with Gasteiger partial charge in [-0.15, -0.1) is 0 Å². The first-order chi connectivity index (χ1) is 5.17. The Morgan fingerprint density at radius 3 is 2.73 bits per heavy atom. The van der Waals surface area contributed by atoms with E-state index in [4.69, 9.17) is 5.73 Å². The molecule has 11 heavy (non-hydrogen) atoms. The van der Waals surface area contributed by atoms with Gasteiger partial charge in [-0.05, 0) is 11.6 Å². The summed E-state index contributed by atoms with van der Waals surface area (Å²) in [6.45, 7) is 4.94. The summed E-state index contributed by atoms with van der Waals surface area (Å²) in [6, 6.07) is 11.0. The van der Waals surface area contributed by atoms with Crippen molar-refractivity contribution < 1.29 is 0 Å². The van der Waals surface area contributed by atoms with E-state index in [1.807, 2.05) is 18.2 Å². The third-order valence-corrected chi connectivity index (χ3v) is 2.00. The van der Waals surface area contributed by atoms with Crippen LogP contribution in [0.4, 0.5) is 0 Å². The van der Waals surface area contributed by atoms with E-state index in [1.54, 1.807) is 0 Å². The molecule has 0 unspecified atom stereocenters. The second kappa shape index (κ2) is 3.05. The van der Waals surface area contributed by atoms with Crippen molar-refractivity contribution in [1.82, 2.24) is 0 Å². The molecule has 0 fully saturated rings. The normalized spacial score (nSPS) is 11.5. The standard InChI is InChI=1S/C10H14N/c1-10(2,8-11)9-6-4-3-5-7-9/h3-4,6-7H,8,11H2,1-2H3. The Morgan fingerprint density at radius 2 is 2.27 bits per heavy atom. The molecule has 59 valence electrons. The van der Waals surface area contributed by atoms with Crippen molar-refractivity contribution in [2.24, 2.45) is 5.73 Å². The van der Waals surface area contributed by atoms with Crippen LogP contribution in [-0.4, -0.2) is 6.54 Å². The Bertz CT molecular complexity index is 214. The fraction of sp³-hybridized carbons (Fsp3) is 0.400. The minimum absolute atomic E-state index is 0.0811. The molecule has 1 aromatic carbocycles. The molecular formula is C10H14N. The molecule has 0 bridgehead atoms. The molecule has 0 atom stereocenters. The van der Waals surface area contributed by atoms with Gasteiger partial charge in [-0.25, -0.2) is 0 Å². The zero-order valence-electron chi connectivity index (χ0n) is 7.09. The van der Waals surface area contributed by atoms with Gasteiger partial charge < -0.3 is 5.73 Å². The maximum atomic E-state index is 5.62. The molecule has 2 N–H and O–H groups in total. The Hall–Kier alpha value is -0.820. The third kappa shape index (κ3) is 1.81. The summed E-state index contributed by atoms with van der Waals surface area (Å²) in [5.74, 6) is 0. The number of nitrogens with two attached hydrogens (primary N) is 1. The molecule has 1 heteroatoms. The molecule has 1 nitrogen and oxygen atoms in total. The summed E-state index contributed by atoms with van der Waals surface area (Å²) in [6.07, 6.45) is 0. The molecule has 0 saturated carbocycles. The lowest BCUT2D eigenvalue weighted by Crippen LogP contribution is -2.27. The van der Waals surface area contributed by atoms with Crippen LogP contribution in [0.5, 0.6) is 0 Å². The minimum Gasteiger partial charge on any atom is -0.330 e. The van der Waals surface area contributed by atoms with Gasteiger partial charge in [-0.3, -0.25) is 0 Å². The van der Waals surface area contributed by atoms with Crippen molar-refractivity contribution in [2.45, 2.75) is 19.3 Å². The molecule has 0 saturated heterocycles. The average Bonchev–Trinajstić information content (AvgIpc) is 2.06. The third-order valence-electron chi connectivity index (χ3n) is 2.00. The predicted octanol–water partition coefficient (Wildman–Crippen LogP) is 1.72. The summed E-state index contributed by atoms with van der Waals surface area (Å²) in [5.41, 5.74) is 6.96. The van der Waals surface area contributed by atoms with Gasteiger partial charge in [0.1, 0.15) is 0 Å². The van der Waals surface area contributed by atoms with Crippen molar-refractivity contribution in [2.75, 3.05) is 6.54 Å². The van der Waals surface area contributed by atoms with Gasteiger partial charge in [-0.1, -0.05) is 38.1 Å². The topological polar surface area (TPSA) is 26.0 Å². The van der Waals surface area contributed by atoms with Crippen LogP contribution < -0.4 is 5.73 Å². The van der Waals surface area contributed by atoms with Crippen molar-refractivity contribution in [1.29, 1.82) is 0 Å². The van der Waals surface area contributed by atoms with Gasteiger partial charge in [-0.2, -0.15) is 0 Å². The van der Waals surface area contributed by atoms with Crippen molar-refractivity contribution in [3.63, 3.8) is 0 Å². The summed E-state index contributed by atoms with van der Waals surface area (Å²) in [5, 5.41) is 0. The lowest BCUT2D eigenvalue weighted by Gasteiger charge is -2.22. The number of rotatable bonds is 2. The van der Waals surface area contributed by atoms with Crippen LogP contribution in [-0.2, 0) is 5.41 Å². The first-order valence-corrected chi connectivity index (χ1v) is 3.83. The van der Waals surface area contributed by atoms with Crippen molar-refractivity contribution in [3.05, 3.63) is 35.9 Å². The van der Waals surface area contributed by atoms with Crippen LogP contribution >= 0.6 is 0 Å². The van der Waals surface area contributed by atoms with E-state index in [-0.39, 0.29) is 5.41 Å². The largest absolute Gasteiger partial charge is 0.330 e. The molecule has 1 radical (unpaired) electrons. The van der Waals surface area contributed by atoms with Gasteiger partial charge in [0.2, 0.25) is 0 Å². The summed E-state index contributed by atoms with van der Waals surface area (Å²) >= 11 is 0. The Kier molecular flexibility index (Phi) is 2.30. The SMILES string of the molecule is CC(C)(CN)c1c[c]ccc1. The fourth-order valence-corrected chi connectivity index (χ4v) is 0.932. The van der Waals surface area contributed by atoms with Gasteiger partial charge in [0.05, 0.1) is 0 Å². The van der Waals surface area contributed by atoms with Crippen LogP contribution in [0.15, 0.2) is 24.3 Å². The van der Waals surface area contributed by atoms with Gasteiger partial charge >= 0.3 is 0 Å². The average molecular weight is 148 g/mol. The van der Waals surface area contributed by atoms with E-state index < -0.39 is 0 Å². The van der Waals surface area contributed by atoms with Gasteiger partial charge in [0, 0.05) is 12.0 Å². The number of hydrogen-bond acceptors (Lipinski definition) is 1. The van der Waals surface area contributed by atoms with Gasteiger partial charge in [0.25, 0.3) is 0 Å². The molecule has 1 aromatic rings. The number of hydrogen-bond donors (Lipinski definition) is 1. The fourth-order valence-electron chi connectivity index (χ4n) is 0.932. The Labute approximate surface area is 68.2 Å². The number of benzene rings is 1. The highest BCUT2D eigenvalue weighted by Gasteiger charge is 2.16. The molecule has 0 amide bonds. The molecule has 0 aromatic heterocycles. The van der Waals surface area contributed by atoms with Crippen LogP contribution in [0.3, 0.4) is 0 Å². The lowest BCUT2D eigenvalue weighted by atomic mass is 9.85. The van der Waals surface area contributed by atoms with Crippen molar-refractivity contribution >= 4 is 0 Å². The molecule has 0 aliphatic rings. The maximum Gasteiger partial charge on any atom is 0.00192 e. The zero-order chi connectivity index (χ0) is 8.32. The quantitative estimate of drug-likeness (QED) is 0.679. The van der Waals surface area contributed by atoms with E-state index in [2.05, 4.69) is 26.0 Å². The lowest BCUT2D eigenvalue weighted by molar-refractivity contribution is 0.539. The maximum absolute atomic E-state index is 5.62. The smallest absolute Gasteiger partial charge is 0.00192 e. The van der Waals surface area contributed by atoms with E-state index in [0.29, 0.717) is 6.54 Å². The highest BCUT2D eigenvalue weighted by Crippen LogP contribution is 2.20. The molecular weight excluding hydrogens is 134 g/mol. The monoisotopic (exact) mass is 148 g/mol. The molecule has 1 rings (SSSR count). The van der Waals surface area contributed by atoms with E-state index >= 15 is 0 Å². The van der Waals surface area contributed by atoms with Crippen LogP contribution in [0.2, 0.25) is 0 Å². The molecule has 0 spiro atoms. The van der Waals surface area contributed by atoms with Crippen LogP contribution in [0.1, 0.15) is 19.4 Å². The van der Waals surface area contributed by atoms with Gasteiger partial charge in [0.15, 0.2) is 0 Å². The zero-order valence-corrected chi connectivity index (χ0v) is 7.09. The molecule has 0 aliphatic heterocycles. The second-order valence-corrected chi connectivity index (χ2v) is 3.38. The molecule has 0 aliphatic carbocycles. The Morgan fingerprint density at radius 1 is 1.55 bits per heavy atom. The second-order valence-electron chi connectivity index (χ2n) is 3.38.